The minimum Gasteiger partial charge on any atom is -0.497 e. The molecule has 24 heavy (non-hydrogen) atoms. The average molecular weight is 328 g/mol. The number of ether oxygens (including phenoxy) is 2. The molecule has 0 aliphatic rings. The van der Waals surface area contributed by atoms with E-state index in [9.17, 15) is 9.59 Å². The summed E-state index contributed by atoms with van der Waals surface area (Å²) in [5.74, 6) is 0.461. The zero-order chi connectivity index (χ0) is 17.4. The highest BCUT2D eigenvalue weighted by Crippen LogP contribution is 2.13. The molecule has 0 atom stereocenters. The summed E-state index contributed by atoms with van der Waals surface area (Å²) >= 11 is 0. The number of hydrogen-bond acceptors (Lipinski definition) is 4. The maximum Gasteiger partial charge on any atom is 0.257 e. The number of hydrogen-bond donors (Lipinski definition) is 2. The summed E-state index contributed by atoms with van der Waals surface area (Å²) in [7, 11) is 1.62. The second kappa shape index (κ2) is 8.57. The summed E-state index contributed by atoms with van der Waals surface area (Å²) in [5.41, 5.74) is 6.64. The number of amides is 2. The van der Waals surface area contributed by atoms with Crippen molar-refractivity contribution in [3.8, 4) is 11.5 Å². The van der Waals surface area contributed by atoms with Crippen LogP contribution in [-0.4, -0.2) is 32.1 Å². The van der Waals surface area contributed by atoms with Gasteiger partial charge in [0.2, 0.25) is 5.91 Å². The maximum atomic E-state index is 11.8. The Kier molecular flexibility index (Phi) is 6.19. The van der Waals surface area contributed by atoms with Crippen LogP contribution in [0.1, 0.15) is 15.9 Å². The molecule has 0 spiro atoms. The van der Waals surface area contributed by atoms with Crippen LogP contribution in [0, 0.1) is 0 Å². The van der Waals surface area contributed by atoms with Gasteiger partial charge in [-0.2, -0.15) is 0 Å². The van der Waals surface area contributed by atoms with Gasteiger partial charge in [0.15, 0.2) is 6.61 Å². The first-order chi connectivity index (χ1) is 11.6. The highest BCUT2D eigenvalue weighted by Gasteiger charge is 2.05. The number of methoxy groups -OCH3 is 1. The standard InChI is InChI=1S/C18H20N2O4/c1-23-15-7-5-13(6-8-15)9-10-20-17(21)12-24-16-4-2-3-14(11-16)18(19)22/h2-8,11H,9-10,12H2,1H3,(H2,19,22)(H,20,21). The second-order valence-electron chi connectivity index (χ2n) is 5.13. The lowest BCUT2D eigenvalue weighted by atomic mass is 10.1. The molecule has 0 aromatic heterocycles. The summed E-state index contributed by atoms with van der Waals surface area (Å²) < 4.78 is 10.4. The Morgan fingerprint density at radius 2 is 1.83 bits per heavy atom. The van der Waals surface area contributed by atoms with Crippen molar-refractivity contribution in [1.29, 1.82) is 0 Å². The molecule has 126 valence electrons. The second-order valence-corrected chi connectivity index (χ2v) is 5.13. The van der Waals surface area contributed by atoms with Gasteiger partial charge in [0.05, 0.1) is 7.11 Å². The molecule has 0 unspecified atom stereocenters. The molecule has 0 aliphatic heterocycles. The van der Waals surface area contributed by atoms with Crippen LogP contribution >= 0.6 is 0 Å². The Hall–Kier alpha value is -3.02. The molecule has 0 saturated carbocycles. The molecular weight excluding hydrogens is 308 g/mol. The van der Waals surface area contributed by atoms with Crippen LogP contribution in [-0.2, 0) is 11.2 Å². The summed E-state index contributed by atoms with van der Waals surface area (Å²) in [6, 6.07) is 14.1. The average Bonchev–Trinajstić information content (AvgIpc) is 2.61. The molecule has 3 N–H and O–H groups in total. The van der Waals surface area contributed by atoms with Crippen molar-refractivity contribution in [3.63, 3.8) is 0 Å². The first kappa shape index (κ1) is 17.3. The zero-order valence-corrected chi connectivity index (χ0v) is 13.5. The van der Waals surface area contributed by atoms with E-state index in [2.05, 4.69) is 5.32 Å². The monoisotopic (exact) mass is 328 g/mol. The van der Waals surface area contributed by atoms with Crippen molar-refractivity contribution >= 4 is 11.8 Å². The van der Waals surface area contributed by atoms with Gasteiger partial charge >= 0.3 is 0 Å². The molecule has 0 heterocycles. The van der Waals surface area contributed by atoms with Gasteiger partial charge in [-0.1, -0.05) is 18.2 Å². The lowest BCUT2D eigenvalue weighted by Crippen LogP contribution is -2.30. The molecule has 2 amide bonds. The number of carbonyl (C=O) groups excluding carboxylic acids is 2. The Bertz CT molecular complexity index is 698. The van der Waals surface area contributed by atoms with Gasteiger partial charge in [0.25, 0.3) is 5.91 Å². The molecule has 0 saturated heterocycles. The lowest BCUT2D eigenvalue weighted by molar-refractivity contribution is -0.123. The fourth-order valence-corrected chi connectivity index (χ4v) is 2.08. The lowest BCUT2D eigenvalue weighted by Gasteiger charge is -2.08. The van der Waals surface area contributed by atoms with E-state index in [4.69, 9.17) is 15.2 Å². The maximum absolute atomic E-state index is 11.8. The van der Waals surface area contributed by atoms with Crippen molar-refractivity contribution in [3.05, 3.63) is 59.7 Å². The van der Waals surface area contributed by atoms with Gasteiger partial charge in [0.1, 0.15) is 11.5 Å². The molecule has 0 fully saturated rings. The van der Waals surface area contributed by atoms with Gasteiger partial charge < -0.3 is 20.5 Å². The fourth-order valence-electron chi connectivity index (χ4n) is 2.08. The Balaban J connectivity index is 1.73. The SMILES string of the molecule is COc1ccc(CCNC(=O)COc2cccc(C(N)=O)c2)cc1. The van der Waals surface area contributed by atoms with Gasteiger partial charge in [0, 0.05) is 12.1 Å². The number of carbonyl (C=O) groups is 2. The molecule has 0 radical (unpaired) electrons. The predicted molar refractivity (Wildman–Crippen MR) is 90.2 cm³/mol. The van der Waals surface area contributed by atoms with E-state index in [1.54, 1.807) is 25.3 Å². The highest BCUT2D eigenvalue weighted by atomic mass is 16.5. The van der Waals surface area contributed by atoms with Crippen LogP contribution in [0.4, 0.5) is 0 Å². The quantitative estimate of drug-likeness (QED) is 0.769. The van der Waals surface area contributed by atoms with Crippen molar-refractivity contribution in [2.24, 2.45) is 5.73 Å². The first-order valence-corrected chi connectivity index (χ1v) is 7.51. The van der Waals surface area contributed by atoms with E-state index in [1.165, 1.54) is 6.07 Å². The van der Waals surface area contributed by atoms with Crippen LogP contribution in [0.5, 0.6) is 11.5 Å². The number of primary amides is 1. The highest BCUT2D eigenvalue weighted by molar-refractivity contribution is 5.93. The third-order valence-electron chi connectivity index (χ3n) is 3.38. The van der Waals surface area contributed by atoms with E-state index in [-0.39, 0.29) is 12.5 Å². The van der Waals surface area contributed by atoms with Crippen molar-refractivity contribution < 1.29 is 19.1 Å². The van der Waals surface area contributed by atoms with Gasteiger partial charge in [-0.15, -0.1) is 0 Å². The molecule has 6 nitrogen and oxygen atoms in total. The Labute approximate surface area is 140 Å². The molecule has 2 aromatic carbocycles. The minimum absolute atomic E-state index is 0.120. The van der Waals surface area contributed by atoms with E-state index < -0.39 is 5.91 Å². The zero-order valence-electron chi connectivity index (χ0n) is 13.5. The van der Waals surface area contributed by atoms with E-state index in [0.29, 0.717) is 24.3 Å². The van der Waals surface area contributed by atoms with Crippen molar-refractivity contribution in [2.75, 3.05) is 20.3 Å². The van der Waals surface area contributed by atoms with Crippen LogP contribution in [0.3, 0.4) is 0 Å². The molecule has 6 heteroatoms. The topological polar surface area (TPSA) is 90.7 Å². The summed E-state index contributed by atoms with van der Waals surface area (Å²) in [6.45, 7) is 0.390. The molecule has 2 rings (SSSR count). The summed E-state index contributed by atoms with van der Waals surface area (Å²) in [6.07, 6.45) is 0.715. The predicted octanol–water partition coefficient (Wildman–Crippen LogP) is 1.53. The van der Waals surface area contributed by atoms with Crippen LogP contribution in [0.15, 0.2) is 48.5 Å². The Morgan fingerprint density at radius 1 is 1.08 bits per heavy atom. The first-order valence-electron chi connectivity index (χ1n) is 7.51. The normalized spacial score (nSPS) is 10.0. The van der Waals surface area contributed by atoms with Gasteiger partial charge in [-0.3, -0.25) is 9.59 Å². The molecular formula is C18H20N2O4. The van der Waals surface area contributed by atoms with Crippen LogP contribution in [0.2, 0.25) is 0 Å². The number of benzene rings is 2. The number of rotatable bonds is 8. The smallest absolute Gasteiger partial charge is 0.257 e. The largest absolute Gasteiger partial charge is 0.497 e. The Morgan fingerprint density at radius 3 is 2.50 bits per heavy atom. The summed E-state index contributed by atoms with van der Waals surface area (Å²) in [5, 5.41) is 2.78. The minimum atomic E-state index is -0.538. The van der Waals surface area contributed by atoms with Crippen molar-refractivity contribution in [2.45, 2.75) is 6.42 Å². The third-order valence-corrected chi connectivity index (χ3v) is 3.38. The fraction of sp³-hybridized carbons (Fsp3) is 0.222. The van der Waals surface area contributed by atoms with E-state index in [0.717, 1.165) is 11.3 Å². The van der Waals surface area contributed by atoms with Gasteiger partial charge in [-0.25, -0.2) is 0 Å². The number of nitrogens with one attached hydrogen (secondary N) is 1. The third kappa shape index (κ3) is 5.31. The molecule has 0 aliphatic carbocycles. The van der Waals surface area contributed by atoms with Gasteiger partial charge in [-0.05, 0) is 42.3 Å². The summed E-state index contributed by atoms with van der Waals surface area (Å²) in [4.78, 5) is 22.9. The van der Waals surface area contributed by atoms with E-state index in [1.807, 2.05) is 24.3 Å². The molecule has 0 bridgehead atoms. The van der Waals surface area contributed by atoms with Crippen LogP contribution in [0.25, 0.3) is 0 Å². The van der Waals surface area contributed by atoms with Crippen LogP contribution < -0.4 is 20.5 Å². The molecule has 2 aromatic rings. The van der Waals surface area contributed by atoms with E-state index >= 15 is 0 Å². The van der Waals surface area contributed by atoms with Crippen molar-refractivity contribution in [1.82, 2.24) is 5.32 Å². The number of nitrogens with two attached hydrogens (primary N) is 1.